The maximum atomic E-state index is 13.4. The SMILES string of the molecule is Cc1cc(C)c(S(=O)(=O)Cl)c(C)c1.Cc1cc(C)c(S(=O)(=O)N2CCCCC2CO)c(C)c1.Cc1cc(C)c(S(=O)(=O)N2CCCCC2COCC(=O)O)c(C)c1.Cc1cc(C)c(S(=O)(=O)N2CCCCC2COCC(=O)OC(C)(C)C)c(C)c1. The number of carboxylic acids is 1. The number of benzene rings is 4. The molecule has 0 amide bonds. The van der Waals surface area contributed by atoms with Crippen LogP contribution in [-0.4, -0.2) is 145 Å². The maximum Gasteiger partial charge on any atom is 0.332 e. The van der Waals surface area contributed by atoms with Gasteiger partial charge in [-0.25, -0.2) is 43.3 Å². The number of carbonyl (C=O) groups is 2. The Kier molecular flexibility index (Phi) is 26.9. The number of hydrogen-bond acceptors (Lipinski definition) is 14. The summed E-state index contributed by atoms with van der Waals surface area (Å²) in [6, 6.07) is 14.1. The molecule has 18 nitrogen and oxygen atoms in total. The normalized spacial score (nSPS) is 18.4. The van der Waals surface area contributed by atoms with E-state index in [2.05, 4.69) is 0 Å². The highest BCUT2D eigenvalue weighted by atomic mass is 35.7. The van der Waals surface area contributed by atoms with E-state index in [0.717, 1.165) is 107 Å². The van der Waals surface area contributed by atoms with Crippen molar-refractivity contribution in [3.05, 3.63) is 115 Å². The van der Waals surface area contributed by atoms with Gasteiger partial charge in [0.05, 0.1) is 39.4 Å². The van der Waals surface area contributed by atoms with E-state index in [4.69, 9.17) is 30.0 Å². The molecular weight excluding hydrogens is 1190 g/mol. The number of aliphatic hydroxyl groups is 1. The highest BCUT2D eigenvalue weighted by molar-refractivity contribution is 8.13. The molecule has 85 heavy (non-hydrogen) atoms. The molecule has 3 atom stereocenters. The molecule has 3 heterocycles. The van der Waals surface area contributed by atoms with Crippen LogP contribution in [0.3, 0.4) is 0 Å². The van der Waals surface area contributed by atoms with Crippen molar-refractivity contribution in [2.24, 2.45) is 0 Å². The predicted molar refractivity (Wildman–Crippen MR) is 332 cm³/mol. The monoisotopic (exact) mass is 1280 g/mol. The summed E-state index contributed by atoms with van der Waals surface area (Å²) in [6.45, 7) is 28.7. The summed E-state index contributed by atoms with van der Waals surface area (Å²) >= 11 is 0. The van der Waals surface area contributed by atoms with Gasteiger partial charge in [-0.2, -0.15) is 12.9 Å². The molecule has 0 spiro atoms. The molecule has 0 aromatic heterocycles. The summed E-state index contributed by atoms with van der Waals surface area (Å²) in [5.41, 5.74) is 9.58. The molecule has 3 fully saturated rings. The molecule has 0 aliphatic carbocycles. The molecule has 3 aliphatic heterocycles. The number of carboxylic acid groups (broad SMARTS) is 1. The van der Waals surface area contributed by atoms with Gasteiger partial charge in [0.2, 0.25) is 30.1 Å². The van der Waals surface area contributed by atoms with Crippen LogP contribution < -0.4 is 0 Å². The average molecular weight is 1280 g/mol. The Balaban J connectivity index is 0.000000250. The summed E-state index contributed by atoms with van der Waals surface area (Å²) in [4.78, 5) is 23.8. The van der Waals surface area contributed by atoms with Crippen molar-refractivity contribution >= 4 is 61.7 Å². The van der Waals surface area contributed by atoms with Crippen LogP contribution in [0.4, 0.5) is 0 Å². The van der Waals surface area contributed by atoms with Gasteiger partial charge < -0.3 is 24.4 Å². The first kappa shape index (κ1) is 73.1. The van der Waals surface area contributed by atoms with E-state index in [-0.39, 0.29) is 49.4 Å². The van der Waals surface area contributed by atoms with Gasteiger partial charge in [-0.15, -0.1) is 0 Å². The number of rotatable bonds is 16. The van der Waals surface area contributed by atoms with Crippen LogP contribution in [0.1, 0.15) is 145 Å². The van der Waals surface area contributed by atoms with E-state index in [0.29, 0.717) is 51.9 Å². The van der Waals surface area contributed by atoms with E-state index < -0.39 is 63.3 Å². The Labute approximate surface area is 512 Å². The van der Waals surface area contributed by atoms with Crippen molar-refractivity contribution in [2.45, 2.75) is 205 Å². The number of sulfonamides is 3. The number of aryl methyl sites for hydroxylation is 12. The first-order chi connectivity index (χ1) is 39.3. The highest BCUT2D eigenvalue weighted by Gasteiger charge is 2.38. The quantitative estimate of drug-likeness (QED) is 0.0782. The Bertz CT molecular complexity index is 3360. The fraction of sp³-hybridized carbons (Fsp3) is 0.581. The van der Waals surface area contributed by atoms with Crippen molar-refractivity contribution in [2.75, 3.05) is 52.7 Å². The van der Waals surface area contributed by atoms with Gasteiger partial charge >= 0.3 is 11.9 Å². The number of esters is 1. The molecule has 3 unspecified atom stereocenters. The Morgan fingerprint density at radius 3 is 1.01 bits per heavy atom. The van der Waals surface area contributed by atoms with Crippen molar-refractivity contribution in [1.29, 1.82) is 0 Å². The molecule has 0 bridgehead atoms. The molecular formula is C62H92ClN3O15S4. The summed E-state index contributed by atoms with van der Waals surface area (Å²) in [7, 11) is -9.11. The summed E-state index contributed by atoms with van der Waals surface area (Å²) in [6.07, 6.45) is 7.46. The molecule has 3 saturated heterocycles. The minimum atomic E-state index is -3.63. The van der Waals surface area contributed by atoms with E-state index in [1.165, 1.54) is 8.61 Å². The van der Waals surface area contributed by atoms with E-state index in [9.17, 15) is 48.4 Å². The van der Waals surface area contributed by atoms with Crippen LogP contribution in [0.15, 0.2) is 68.1 Å². The number of ether oxygens (including phenoxy) is 3. The van der Waals surface area contributed by atoms with Crippen molar-refractivity contribution in [3.8, 4) is 0 Å². The lowest BCUT2D eigenvalue weighted by Crippen LogP contribution is -2.46. The van der Waals surface area contributed by atoms with Crippen molar-refractivity contribution in [1.82, 2.24) is 12.9 Å². The van der Waals surface area contributed by atoms with Crippen LogP contribution in [0.25, 0.3) is 0 Å². The van der Waals surface area contributed by atoms with Gasteiger partial charge in [0.1, 0.15) is 18.8 Å². The number of nitrogens with zero attached hydrogens (tertiary/aromatic N) is 3. The Hall–Kier alpha value is -4.33. The lowest BCUT2D eigenvalue weighted by atomic mass is 10.1. The highest BCUT2D eigenvalue weighted by Crippen LogP contribution is 2.34. The molecule has 2 N–H and O–H groups in total. The summed E-state index contributed by atoms with van der Waals surface area (Å²) in [5.74, 6) is -1.49. The van der Waals surface area contributed by atoms with Crippen LogP contribution in [0.5, 0.6) is 0 Å². The molecule has 4 aromatic carbocycles. The minimum Gasteiger partial charge on any atom is -0.480 e. The summed E-state index contributed by atoms with van der Waals surface area (Å²) < 4.78 is 122. The third-order valence-corrected chi connectivity index (χ3v) is 23.1. The molecule has 0 radical (unpaired) electrons. The first-order valence-electron chi connectivity index (χ1n) is 28.9. The first-order valence-corrected chi connectivity index (χ1v) is 35.5. The molecule has 3 aliphatic rings. The lowest BCUT2D eigenvalue weighted by molar-refractivity contribution is -0.160. The number of hydrogen-bond donors (Lipinski definition) is 2. The van der Waals surface area contributed by atoms with Gasteiger partial charge in [0.15, 0.2) is 0 Å². The van der Waals surface area contributed by atoms with Gasteiger partial charge in [-0.1, -0.05) is 90.0 Å². The fourth-order valence-electron chi connectivity index (χ4n) is 11.9. The second kappa shape index (κ2) is 31.2. The van der Waals surface area contributed by atoms with E-state index in [1.54, 1.807) is 38.9 Å². The zero-order valence-electron chi connectivity index (χ0n) is 52.4. The maximum absolute atomic E-state index is 13.4. The van der Waals surface area contributed by atoms with Crippen LogP contribution >= 0.6 is 10.7 Å². The van der Waals surface area contributed by atoms with Crippen molar-refractivity contribution in [3.63, 3.8) is 0 Å². The third-order valence-electron chi connectivity index (χ3n) is 14.8. The topological polar surface area (TPSA) is 249 Å². The molecule has 7 rings (SSSR count). The van der Waals surface area contributed by atoms with Crippen LogP contribution in [-0.2, 0) is 62.9 Å². The third kappa shape index (κ3) is 20.4. The smallest absolute Gasteiger partial charge is 0.332 e. The largest absolute Gasteiger partial charge is 0.480 e. The van der Waals surface area contributed by atoms with E-state index >= 15 is 0 Å². The number of aliphatic carboxylic acids is 1. The van der Waals surface area contributed by atoms with E-state index in [1.807, 2.05) is 118 Å². The van der Waals surface area contributed by atoms with Gasteiger partial charge in [-0.05, 0) is 187 Å². The fourth-order valence-corrected chi connectivity index (χ4v) is 19.8. The predicted octanol–water partition coefficient (Wildman–Crippen LogP) is 10.5. The second-order valence-corrected chi connectivity index (χ2v) is 31.8. The number of halogens is 1. The zero-order valence-corrected chi connectivity index (χ0v) is 56.4. The molecule has 476 valence electrons. The van der Waals surface area contributed by atoms with Gasteiger partial charge in [-0.3, -0.25) is 0 Å². The Morgan fingerprint density at radius 1 is 0.471 bits per heavy atom. The van der Waals surface area contributed by atoms with Gasteiger partial charge in [0, 0.05) is 48.4 Å². The summed E-state index contributed by atoms with van der Waals surface area (Å²) in [5, 5.41) is 18.1. The average Bonchev–Trinajstić information content (AvgIpc) is 1.08. The molecule has 0 saturated carbocycles. The van der Waals surface area contributed by atoms with Gasteiger partial charge in [0.25, 0.3) is 9.05 Å². The number of aliphatic hydroxyl groups excluding tert-OH is 1. The molecule has 4 aromatic rings. The zero-order chi connectivity index (χ0) is 64.2. The minimum absolute atomic E-state index is 0.107. The molecule has 23 heteroatoms. The lowest BCUT2D eigenvalue weighted by Gasteiger charge is -2.35. The van der Waals surface area contributed by atoms with Crippen LogP contribution in [0, 0.1) is 83.1 Å². The van der Waals surface area contributed by atoms with Crippen molar-refractivity contribution < 1.29 is 67.7 Å². The van der Waals surface area contributed by atoms with Crippen LogP contribution in [0.2, 0.25) is 0 Å². The standard InChI is InChI=1S/C21H33NO5S.C17H25NO5S.C15H23NO3S.C9H11ClO2S/c1-15-11-16(2)20(17(3)12-15)28(24,25)22-10-8-7-9-18(22)13-26-14-19(23)27-21(4,5)6;1-12-8-13(2)17(14(3)9-12)24(21,22)18-7-5-4-6-15(18)10-23-11-16(19)20;1-11-8-12(2)15(13(3)9-11)20(18,19)16-7-5-4-6-14(16)10-17;1-6-4-7(2)9(8(3)5-6)13(10,11)12/h11-12,18H,7-10,13-14H2,1-6H3;8-9,15H,4-7,10-11H2,1-3H3,(H,19,20);8-9,14,17H,4-7,10H2,1-3H3;4-5H,1-3H3. The Morgan fingerprint density at radius 2 is 0.741 bits per heavy atom. The number of piperidine rings is 3. The number of carbonyl (C=O) groups excluding carboxylic acids is 1. The second-order valence-electron chi connectivity index (χ2n) is 23.8.